The van der Waals surface area contributed by atoms with Crippen LogP contribution in [-0.4, -0.2) is 33.8 Å². The molecule has 5 nitrogen and oxygen atoms in total. The molecule has 1 aliphatic rings. The molecule has 40 heavy (non-hydrogen) atoms. The lowest BCUT2D eigenvalue weighted by molar-refractivity contribution is 0.0367. The fraction of sp³-hybridized carbons (Fsp3) is 0.273. The Kier molecular flexibility index (Phi) is 10.6. The fourth-order valence-corrected chi connectivity index (χ4v) is 5.28. The van der Waals surface area contributed by atoms with Crippen molar-refractivity contribution in [2.24, 2.45) is 0 Å². The average molecular weight is 582 g/mol. The normalized spacial score (nSPS) is 19.8. The Morgan fingerprint density at radius 1 is 0.450 bits per heavy atom. The third-order valence-electron chi connectivity index (χ3n) is 7.22. The van der Waals surface area contributed by atoms with Crippen molar-refractivity contribution in [1.82, 2.24) is 0 Å². The zero-order valence-electron chi connectivity index (χ0n) is 23.1. The highest BCUT2D eigenvalue weighted by Crippen LogP contribution is 2.59. The maximum Gasteiger partial charge on any atom is 0.118 e. The molecule has 0 bridgehead atoms. The minimum absolute atomic E-state index is 0.0554. The minimum atomic E-state index is -0.168. The maximum atomic E-state index is 6.98. The van der Waals surface area contributed by atoms with Gasteiger partial charge < -0.3 is 23.7 Å². The maximum absolute atomic E-state index is 6.98. The third kappa shape index (κ3) is 6.67. The molecule has 0 saturated carbocycles. The molecule has 7 heteroatoms. The first kappa shape index (κ1) is 29.6. The second-order valence-electron chi connectivity index (χ2n) is 9.22. The van der Waals surface area contributed by atoms with Crippen LogP contribution < -0.4 is 18.9 Å². The summed E-state index contributed by atoms with van der Waals surface area (Å²) in [6.45, 7) is 0. The molecule has 5 rings (SSSR count). The molecule has 4 aromatic carbocycles. The SMILES string of the molecule is COc1ccc([C@@H]2[C@H](c3ccc(OC)cc3)[C@@H](c3ccc(OC)cc3)O[C@H]2c2ccc(OC)cc2)cc1.ClCCl. The van der Waals surface area contributed by atoms with Crippen LogP contribution in [0.3, 0.4) is 0 Å². The number of hydrogen-bond acceptors (Lipinski definition) is 5. The number of alkyl halides is 2. The first-order chi connectivity index (χ1) is 19.6. The van der Waals surface area contributed by atoms with Gasteiger partial charge in [-0.15, -0.1) is 23.2 Å². The van der Waals surface area contributed by atoms with Crippen LogP contribution in [0.5, 0.6) is 23.0 Å². The predicted octanol–water partition coefficient (Wildman–Crippen LogP) is 8.52. The van der Waals surface area contributed by atoms with E-state index in [1.54, 1.807) is 28.4 Å². The van der Waals surface area contributed by atoms with Crippen molar-refractivity contribution in [2.75, 3.05) is 33.8 Å². The summed E-state index contributed by atoms with van der Waals surface area (Å²) in [5.41, 5.74) is 4.60. The van der Waals surface area contributed by atoms with Crippen LogP contribution in [0.25, 0.3) is 0 Å². The average Bonchev–Trinajstić information content (AvgIpc) is 3.42. The molecule has 1 aliphatic heterocycles. The molecule has 0 aliphatic carbocycles. The van der Waals surface area contributed by atoms with Crippen molar-refractivity contribution in [2.45, 2.75) is 24.0 Å². The lowest BCUT2D eigenvalue weighted by Crippen LogP contribution is -2.14. The van der Waals surface area contributed by atoms with Gasteiger partial charge in [-0.25, -0.2) is 0 Å². The Hall–Kier alpha value is -3.38. The second kappa shape index (κ2) is 14.3. The molecule has 1 heterocycles. The van der Waals surface area contributed by atoms with E-state index >= 15 is 0 Å². The van der Waals surface area contributed by atoms with Gasteiger partial charge >= 0.3 is 0 Å². The molecule has 0 amide bonds. The van der Waals surface area contributed by atoms with Gasteiger partial charge in [0.15, 0.2) is 0 Å². The first-order valence-electron chi connectivity index (χ1n) is 12.9. The van der Waals surface area contributed by atoms with E-state index < -0.39 is 0 Å². The lowest BCUT2D eigenvalue weighted by atomic mass is 9.75. The Bertz CT molecular complexity index is 1210. The largest absolute Gasteiger partial charge is 0.497 e. The number of hydrogen-bond donors (Lipinski definition) is 0. The summed E-state index contributed by atoms with van der Waals surface area (Å²) in [4.78, 5) is 0. The summed E-state index contributed by atoms with van der Waals surface area (Å²) in [5.74, 6) is 3.41. The molecule has 1 saturated heterocycles. The van der Waals surface area contributed by atoms with Crippen molar-refractivity contribution in [1.29, 1.82) is 0 Å². The van der Waals surface area contributed by atoms with E-state index in [2.05, 4.69) is 48.5 Å². The summed E-state index contributed by atoms with van der Waals surface area (Å²) in [6, 6.07) is 33.0. The van der Waals surface area contributed by atoms with Gasteiger partial charge in [-0.05, 0) is 70.8 Å². The van der Waals surface area contributed by atoms with Crippen LogP contribution in [0.4, 0.5) is 0 Å². The number of ether oxygens (including phenoxy) is 5. The Balaban J connectivity index is 0.00000118. The molecule has 0 N–H and O–H groups in total. The van der Waals surface area contributed by atoms with Crippen molar-refractivity contribution in [3.05, 3.63) is 119 Å². The highest BCUT2D eigenvalue weighted by Gasteiger charge is 2.47. The van der Waals surface area contributed by atoms with E-state index in [0.717, 1.165) is 34.1 Å². The summed E-state index contributed by atoms with van der Waals surface area (Å²) in [5, 5.41) is 0.194. The molecule has 210 valence electrons. The summed E-state index contributed by atoms with van der Waals surface area (Å²) in [6.07, 6.45) is -0.336. The van der Waals surface area contributed by atoms with Gasteiger partial charge in [0.05, 0.1) is 46.0 Å². The van der Waals surface area contributed by atoms with Crippen LogP contribution in [0.15, 0.2) is 97.1 Å². The van der Waals surface area contributed by atoms with Gasteiger partial charge in [-0.1, -0.05) is 48.5 Å². The van der Waals surface area contributed by atoms with Gasteiger partial charge in [-0.3, -0.25) is 0 Å². The Morgan fingerprint density at radius 3 is 0.900 bits per heavy atom. The zero-order valence-corrected chi connectivity index (χ0v) is 24.6. The van der Waals surface area contributed by atoms with Gasteiger partial charge in [0.1, 0.15) is 23.0 Å². The Labute approximate surface area is 246 Å². The van der Waals surface area contributed by atoms with E-state index in [0.29, 0.717) is 0 Å². The highest BCUT2D eigenvalue weighted by atomic mass is 35.5. The molecular weight excluding hydrogens is 547 g/mol. The minimum Gasteiger partial charge on any atom is -0.497 e. The van der Waals surface area contributed by atoms with Crippen LogP contribution in [0, 0.1) is 0 Å². The third-order valence-corrected chi connectivity index (χ3v) is 7.22. The number of halogens is 2. The van der Waals surface area contributed by atoms with Crippen LogP contribution in [0.1, 0.15) is 46.3 Å². The molecule has 4 aromatic rings. The van der Waals surface area contributed by atoms with E-state index in [1.165, 1.54) is 11.1 Å². The molecule has 0 radical (unpaired) electrons. The van der Waals surface area contributed by atoms with Gasteiger partial charge in [0.25, 0.3) is 0 Å². The van der Waals surface area contributed by atoms with Crippen LogP contribution in [0.2, 0.25) is 0 Å². The van der Waals surface area contributed by atoms with Crippen LogP contribution >= 0.6 is 23.2 Å². The molecular formula is C33H34Cl2O5. The van der Waals surface area contributed by atoms with Crippen molar-refractivity contribution < 1.29 is 23.7 Å². The molecule has 1 fully saturated rings. The van der Waals surface area contributed by atoms with Crippen molar-refractivity contribution in [3.63, 3.8) is 0 Å². The standard InChI is InChI=1S/C32H32O5.CH2Cl2/c1-33-25-13-5-21(6-14-25)29-30(22-7-15-26(34-2)16-8-22)32(24-11-19-28(36-4)20-12-24)37-31(29)23-9-17-27(35-3)18-10-23;2-1-3/h5-20,29-32H,1-4H3;1H2/t29-,30+,31+,32-;. The van der Waals surface area contributed by atoms with Gasteiger partial charge in [0, 0.05) is 11.8 Å². The zero-order chi connectivity index (χ0) is 28.5. The molecule has 0 spiro atoms. The van der Waals surface area contributed by atoms with E-state index in [4.69, 9.17) is 46.9 Å². The smallest absolute Gasteiger partial charge is 0.118 e. The molecule has 0 unspecified atom stereocenters. The number of benzene rings is 4. The molecule has 4 atom stereocenters. The van der Waals surface area contributed by atoms with Crippen molar-refractivity contribution >= 4 is 23.2 Å². The summed E-state index contributed by atoms with van der Waals surface area (Å²) >= 11 is 9.53. The Morgan fingerprint density at radius 2 is 0.675 bits per heavy atom. The number of methoxy groups -OCH3 is 4. The predicted molar refractivity (Wildman–Crippen MR) is 161 cm³/mol. The van der Waals surface area contributed by atoms with E-state index in [-0.39, 0.29) is 29.4 Å². The lowest BCUT2D eigenvalue weighted by Gasteiger charge is -2.26. The fourth-order valence-electron chi connectivity index (χ4n) is 5.28. The van der Waals surface area contributed by atoms with Gasteiger partial charge in [-0.2, -0.15) is 0 Å². The number of rotatable bonds is 8. The highest BCUT2D eigenvalue weighted by molar-refractivity contribution is 6.40. The second-order valence-corrected chi connectivity index (χ2v) is 10.0. The monoisotopic (exact) mass is 580 g/mol. The summed E-state index contributed by atoms with van der Waals surface area (Å²) in [7, 11) is 6.74. The van der Waals surface area contributed by atoms with Crippen LogP contribution in [-0.2, 0) is 4.74 Å². The van der Waals surface area contributed by atoms with E-state index in [9.17, 15) is 0 Å². The first-order valence-corrected chi connectivity index (χ1v) is 14.0. The van der Waals surface area contributed by atoms with Crippen molar-refractivity contribution in [3.8, 4) is 23.0 Å². The topological polar surface area (TPSA) is 46.2 Å². The summed E-state index contributed by atoms with van der Waals surface area (Å²) < 4.78 is 28.7. The molecule has 0 aromatic heterocycles. The quantitative estimate of drug-likeness (QED) is 0.195. The van der Waals surface area contributed by atoms with Gasteiger partial charge in [0.2, 0.25) is 0 Å². The van der Waals surface area contributed by atoms with E-state index in [1.807, 2.05) is 48.5 Å².